The minimum Gasteiger partial charge on any atom is -0.497 e. The van der Waals surface area contributed by atoms with Crippen molar-refractivity contribution in [3.63, 3.8) is 0 Å². The third kappa shape index (κ3) is 2.16. The van der Waals surface area contributed by atoms with Gasteiger partial charge in [0.1, 0.15) is 5.75 Å². The van der Waals surface area contributed by atoms with Crippen LogP contribution in [0.1, 0.15) is 26.3 Å². The molecule has 1 aromatic carbocycles. The molecule has 2 rings (SSSR count). The first-order chi connectivity index (χ1) is 8.67. The molecule has 0 aliphatic rings. The monoisotopic (exact) mass is 247 g/mol. The molecule has 5 nitrogen and oxygen atoms in total. The Balaban J connectivity index is 2.53. The van der Waals surface area contributed by atoms with Gasteiger partial charge in [-0.25, -0.2) is 9.89 Å². The lowest BCUT2D eigenvalue weighted by Crippen LogP contribution is -2.20. The van der Waals surface area contributed by atoms with Crippen LogP contribution >= 0.6 is 0 Å². The van der Waals surface area contributed by atoms with Crippen LogP contribution in [0.4, 0.5) is 0 Å². The molecule has 0 unspecified atom stereocenters. The van der Waals surface area contributed by atoms with Crippen molar-refractivity contribution >= 4 is 0 Å². The second-order valence-corrected chi connectivity index (χ2v) is 4.21. The highest BCUT2D eigenvalue weighted by Crippen LogP contribution is 2.23. The van der Waals surface area contributed by atoms with Crippen molar-refractivity contribution in [2.75, 3.05) is 7.11 Å². The molecule has 0 fully saturated rings. The molecule has 1 N–H and O–H groups in total. The SMILES string of the molecule is CC[C@@H](C)n1c(-c2cccc(OC)c2)n[nH]c1=O. The van der Waals surface area contributed by atoms with Crippen LogP contribution in [0.25, 0.3) is 11.4 Å². The fourth-order valence-corrected chi connectivity index (χ4v) is 1.86. The number of nitrogens with zero attached hydrogens (tertiary/aromatic N) is 2. The van der Waals surface area contributed by atoms with E-state index in [0.29, 0.717) is 5.82 Å². The molecule has 0 aliphatic heterocycles. The third-order valence-electron chi connectivity index (χ3n) is 3.06. The van der Waals surface area contributed by atoms with Gasteiger partial charge in [-0.3, -0.25) is 4.57 Å². The molecule has 0 saturated carbocycles. The highest BCUT2D eigenvalue weighted by atomic mass is 16.5. The molecule has 0 saturated heterocycles. The molecule has 5 heteroatoms. The summed E-state index contributed by atoms with van der Waals surface area (Å²) in [5.74, 6) is 1.40. The molecule has 1 aromatic heterocycles. The van der Waals surface area contributed by atoms with Crippen LogP contribution in [0.2, 0.25) is 0 Å². The minimum atomic E-state index is -0.179. The summed E-state index contributed by atoms with van der Waals surface area (Å²) < 4.78 is 6.86. The molecule has 2 aromatic rings. The van der Waals surface area contributed by atoms with Crippen molar-refractivity contribution in [2.45, 2.75) is 26.3 Å². The number of rotatable bonds is 4. The molecular formula is C13H17N3O2. The Hall–Kier alpha value is -2.04. The highest BCUT2D eigenvalue weighted by molar-refractivity contribution is 5.57. The van der Waals surface area contributed by atoms with Gasteiger partial charge < -0.3 is 4.74 Å². The van der Waals surface area contributed by atoms with Crippen LogP contribution in [-0.4, -0.2) is 21.9 Å². The zero-order valence-electron chi connectivity index (χ0n) is 10.8. The van der Waals surface area contributed by atoms with Crippen molar-refractivity contribution in [1.29, 1.82) is 0 Å². The van der Waals surface area contributed by atoms with Gasteiger partial charge in [0.15, 0.2) is 5.82 Å². The van der Waals surface area contributed by atoms with Crippen LogP contribution in [0.5, 0.6) is 5.75 Å². The summed E-state index contributed by atoms with van der Waals surface area (Å²) in [7, 11) is 1.62. The lowest BCUT2D eigenvalue weighted by atomic mass is 10.2. The van der Waals surface area contributed by atoms with E-state index in [2.05, 4.69) is 10.2 Å². The summed E-state index contributed by atoms with van der Waals surface area (Å²) in [6.45, 7) is 4.04. The van der Waals surface area contributed by atoms with Gasteiger partial charge in [0.2, 0.25) is 0 Å². The Labute approximate surface area is 105 Å². The third-order valence-corrected chi connectivity index (χ3v) is 3.06. The quantitative estimate of drug-likeness (QED) is 0.901. The van der Waals surface area contributed by atoms with E-state index in [-0.39, 0.29) is 11.7 Å². The van der Waals surface area contributed by atoms with E-state index in [1.807, 2.05) is 38.1 Å². The second-order valence-electron chi connectivity index (χ2n) is 4.21. The number of hydrogen-bond donors (Lipinski definition) is 1. The standard InChI is InChI=1S/C13H17N3O2/c1-4-9(2)16-12(14-15-13(16)17)10-6-5-7-11(8-10)18-3/h5-9H,4H2,1-3H3,(H,15,17)/t9-/m1/s1. The van der Waals surface area contributed by atoms with Crippen molar-refractivity contribution in [2.24, 2.45) is 0 Å². The van der Waals surface area contributed by atoms with E-state index in [1.54, 1.807) is 11.7 Å². The topological polar surface area (TPSA) is 59.9 Å². The Morgan fingerprint density at radius 3 is 2.94 bits per heavy atom. The lowest BCUT2D eigenvalue weighted by Gasteiger charge is -2.12. The van der Waals surface area contributed by atoms with Gasteiger partial charge in [-0.05, 0) is 25.5 Å². The van der Waals surface area contributed by atoms with Crippen LogP contribution in [-0.2, 0) is 0 Å². The van der Waals surface area contributed by atoms with Crippen molar-refractivity contribution in [1.82, 2.24) is 14.8 Å². The molecular weight excluding hydrogens is 230 g/mol. The van der Waals surface area contributed by atoms with Gasteiger partial charge in [-0.2, -0.15) is 5.10 Å². The summed E-state index contributed by atoms with van der Waals surface area (Å²) >= 11 is 0. The number of nitrogens with one attached hydrogen (secondary N) is 1. The minimum absolute atomic E-state index is 0.109. The van der Waals surface area contributed by atoms with Crippen molar-refractivity contribution in [3.8, 4) is 17.1 Å². The number of methoxy groups -OCH3 is 1. The maximum Gasteiger partial charge on any atom is 0.343 e. The van der Waals surface area contributed by atoms with E-state index < -0.39 is 0 Å². The maximum absolute atomic E-state index is 11.8. The van der Waals surface area contributed by atoms with Gasteiger partial charge in [0.25, 0.3) is 0 Å². The van der Waals surface area contributed by atoms with Crippen LogP contribution in [0.3, 0.4) is 0 Å². The zero-order chi connectivity index (χ0) is 13.1. The summed E-state index contributed by atoms with van der Waals surface area (Å²) in [5.41, 5.74) is 0.690. The van der Waals surface area contributed by atoms with E-state index >= 15 is 0 Å². The fourth-order valence-electron chi connectivity index (χ4n) is 1.86. The summed E-state index contributed by atoms with van der Waals surface area (Å²) in [6.07, 6.45) is 0.871. The first kappa shape index (κ1) is 12.4. The molecule has 96 valence electrons. The van der Waals surface area contributed by atoms with Crippen LogP contribution in [0, 0.1) is 0 Å². The van der Waals surface area contributed by atoms with Gasteiger partial charge in [-0.1, -0.05) is 19.1 Å². The molecule has 0 aliphatic carbocycles. The normalized spacial score (nSPS) is 12.4. The predicted molar refractivity (Wildman–Crippen MR) is 69.8 cm³/mol. The van der Waals surface area contributed by atoms with Gasteiger partial charge in [0.05, 0.1) is 7.11 Å². The number of ether oxygens (including phenoxy) is 1. The molecule has 0 amide bonds. The predicted octanol–water partition coefficient (Wildman–Crippen LogP) is 2.22. The summed E-state index contributed by atoms with van der Waals surface area (Å²) in [5, 5.41) is 6.61. The molecule has 0 radical (unpaired) electrons. The average molecular weight is 247 g/mol. The highest BCUT2D eigenvalue weighted by Gasteiger charge is 2.15. The van der Waals surface area contributed by atoms with E-state index in [9.17, 15) is 4.79 Å². The number of H-pyrrole nitrogens is 1. The molecule has 0 spiro atoms. The van der Waals surface area contributed by atoms with Crippen LogP contribution < -0.4 is 10.4 Å². The molecule has 0 bridgehead atoms. The Bertz CT molecular complexity index is 586. The number of benzene rings is 1. The van der Waals surface area contributed by atoms with E-state index in [0.717, 1.165) is 17.7 Å². The van der Waals surface area contributed by atoms with Crippen molar-refractivity contribution < 1.29 is 4.74 Å². The van der Waals surface area contributed by atoms with E-state index in [1.165, 1.54) is 0 Å². The fraction of sp³-hybridized carbons (Fsp3) is 0.385. The Kier molecular flexibility index (Phi) is 3.50. The van der Waals surface area contributed by atoms with Crippen molar-refractivity contribution in [3.05, 3.63) is 34.7 Å². The Morgan fingerprint density at radius 2 is 2.28 bits per heavy atom. The number of hydrogen-bond acceptors (Lipinski definition) is 3. The smallest absolute Gasteiger partial charge is 0.343 e. The summed E-state index contributed by atoms with van der Waals surface area (Å²) in [6, 6.07) is 7.64. The van der Waals surface area contributed by atoms with Gasteiger partial charge >= 0.3 is 5.69 Å². The van der Waals surface area contributed by atoms with Gasteiger partial charge in [0, 0.05) is 11.6 Å². The number of aromatic amines is 1. The second kappa shape index (κ2) is 5.08. The largest absolute Gasteiger partial charge is 0.497 e. The average Bonchev–Trinajstić information content (AvgIpc) is 2.80. The lowest BCUT2D eigenvalue weighted by molar-refractivity contribution is 0.415. The maximum atomic E-state index is 11.8. The summed E-state index contributed by atoms with van der Waals surface area (Å²) in [4.78, 5) is 11.8. The molecule has 18 heavy (non-hydrogen) atoms. The molecule has 1 heterocycles. The first-order valence-corrected chi connectivity index (χ1v) is 5.98. The number of aromatic nitrogens is 3. The van der Waals surface area contributed by atoms with Crippen LogP contribution in [0.15, 0.2) is 29.1 Å². The Morgan fingerprint density at radius 1 is 1.50 bits per heavy atom. The zero-order valence-corrected chi connectivity index (χ0v) is 10.8. The first-order valence-electron chi connectivity index (χ1n) is 5.98. The molecule has 1 atom stereocenters. The van der Waals surface area contributed by atoms with Gasteiger partial charge in [-0.15, -0.1) is 0 Å². The van der Waals surface area contributed by atoms with E-state index in [4.69, 9.17) is 4.74 Å².